The molecule has 0 atom stereocenters. The summed E-state index contributed by atoms with van der Waals surface area (Å²) in [7, 11) is -1.26. The van der Waals surface area contributed by atoms with Crippen LogP contribution < -0.4 is 15.4 Å². The second-order valence-electron chi connectivity index (χ2n) is 3.90. The molecule has 108 valence electrons. The SMILES string of the molecule is CNS(=O)(=O)c1ccc(N(C)CC(F)(F)F)cc1N. The maximum Gasteiger partial charge on any atom is 0.405 e. The maximum atomic E-state index is 12.2. The molecule has 0 heterocycles. The lowest BCUT2D eigenvalue weighted by molar-refractivity contribution is -0.119. The van der Waals surface area contributed by atoms with E-state index in [9.17, 15) is 21.6 Å². The van der Waals surface area contributed by atoms with Crippen molar-refractivity contribution in [3.05, 3.63) is 18.2 Å². The Hall–Kier alpha value is -1.48. The summed E-state index contributed by atoms with van der Waals surface area (Å²) in [5, 5.41) is 0. The number of nitrogens with zero attached hydrogens (tertiary/aromatic N) is 1. The zero-order valence-electron chi connectivity index (χ0n) is 10.3. The molecule has 3 N–H and O–H groups in total. The van der Waals surface area contributed by atoms with Crippen LogP contribution in [-0.4, -0.2) is 35.2 Å². The number of nitrogen functional groups attached to an aromatic ring is 1. The fraction of sp³-hybridized carbons (Fsp3) is 0.400. The number of rotatable bonds is 4. The third kappa shape index (κ3) is 4.00. The largest absolute Gasteiger partial charge is 0.405 e. The van der Waals surface area contributed by atoms with Gasteiger partial charge >= 0.3 is 6.18 Å². The first-order chi connectivity index (χ1) is 8.57. The molecule has 0 unspecified atom stereocenters. The van der Waals surface area contributed by atoms with Crippen molar-refractivity contribution in [2.45, 2.75) is 11.1 Å². The third-order valence-corrected chi connectivity index (χ3v) is 3.90. The van der Waals surface area contributed by atoms with Crippen LogP contribution in [0, 0.1) is 0 Å². The van der Waals surface area contributed by atoms with Gasteiger partial charge in [0, 0.05) is 12.7 Å². The lowest BCUT2D eigenvalue weighted by atomic mass is 10.2. The molecule has 5 nitrogen and oxygen atoms in total. The standard InChI is InChI=1S/C10H14F3N3O2S/c1-15-19(17,18)9-4-3-7(5-8(9)14)16(2)6-10(11,12)13/h3-5,15H,6,14H2,1-2H3. The van der Waals surface area contributed by atoms with Crippen molar-refractivity contribution in [1.29, 1.82) is 0 Å². The summed E-state index contributed by atoms with van der Waals surface area (Å²) in [6.07, 6.45) is -4.35. The molecule has 0 spiro atoms. The molecule has 1 aromatic rings. The Balaban J connectivity index is 3.07. The van der Waals surface area contributed by atoms with Gasteiger partial charge in [0.15, 0.2) is 0 Å². The number of hydrogen-bond donors (Lipinski definition) is 2. The van der Waals surface area contributed by atoms with Gasteiger partial charge in [0.25, 0.3) is 0 Å². The molecule has 0 radical (unpaired) electrons. The smallest absolute Gasteiger partial charge is 0.398 e. The van der Waals surface area contributed by atoms with Gasteiger partial charge in [-0.3, -0.25) is 0 Å². The maximum absolute atomic E-state index is 12.2. The number of halogens is 3. The fourth-order valence-corrected chi connectivity index (χ4v) is 2.32. The van der Waals surface area contributed by atoms with Crippen molar-refractivity contribution < 1.29 is 21.6 Å². The summed E-state index contributed by atoms with van der Waals surface area (Å²) >= 11 is 0. The predicted molar refractivity (Wildman–Crippen MR) is 66.4 cm³/mol. The number of nitrogens with one attached hydrogen (secondary N) is 1. The monoisotopic (exact) mass is 297 g/mol. The molecule has 0 amide bonds. The van der Waals surface area contributed by atoms with Crippen molar-refractivity contribution in [3.63, 3.8) is 0 Å². The fourth-order valence-electron chi connectivity index (χ4n) is 1.49. The molecular weight excluding hydrogens is 283 g/mol. The number of benzene rings is 1. The average molecular weight is 297 g/mol. The Morgan fingerprint density at radius 1 is 1.37 bits per heavy atom. The highest BCUT2D eigenvalue weighted by molar-refractivity contribution is 7.89. The predicted octanol–water partition coefficient (Wildman–Crippen LogP) is 1.18. The molecule has 0 aliphatic carbocycles. The van der Waals surface area contributed by atoms with Gasteiger partial charge < -0.3 is 10.6 Å². The first kappa shape index (κ1) is 15.6. The summed E-state index contributed by atoms with van der Waals surface area (Å²) in [5.74, 6) is 0. The second-order valence-corrected chi connectivity index (χ2v) is 5.76. The van der Waals surface area contributed by atoms with E-state index in [4.69, 9.17) is 5.73 Å². The summed E-state index contributed by atoms with van der Waals surface area (Å²) in [6.45, 7) is -1.15. The molecule has 0 aliphatic rings. The quantitative estimate of drug-likeness (QED) is 0.818. The number of hydrogen-bond acceptors (Lipinski definition) is 4. The zero-order chi connectivity index (χ0) is 14.8. The van der Waals surface area contributed by atoms with Gasteiger partial charge in [0.2, 0.25) is 10.0 Å². The van der Waals surface area contributed by atoms with Crippen LogP contribution in [0.1, 0.15) is 0 Å². The minimum absolute atomic E-state index is 0.110. The van der Waals surface area contributed by atoms with Gasteiger partial charge in [-0.25, -0.2) is 13.1 Å². The Bertz CT molecular complexity index is 558. The third-order valence-electron chi connectivity index (χ3n) is 2.41. The van der Waals surface area contributed by atoms with Crippen LogP contribution in [0.15, 0.2) is 23.1 Å². The first-order valence-corrected chi connectivity index (χ1v) is 6.66. The Morgan fingerprint density at radius 2 is 1.95 bits per heavy atom. The van der Waals surface area contributed by atoms with Gasteiger partial charge in [-0.2, -0.15) is 13.2 Å². The van der Waals surface area contributed by atoms with Crippen LogP contribution in [-0.2, 0) is 10.0 Å². The summed E-state index contributed by atoms with van der Waals surface area (Å²) < 4.78 is 61.9. The van der Waals surface area contributed by atoms with Crippen molar-refractivity contribution in [2.75, 3.05) is 31.3 Å². The lowest BCUT2D eigenvalue weighted by Gasteiger charge is -2.21. The zero-order valence-corrected chi connectivity index (χ0v) is 11.1. The highest BCUT2D eigenvalue weighted by atomic mass is 32.2. The van der Waals surface area contributed by atoms with Gasteiger partial charge in [-0.1, -0.05) is 0 Å². The molecule has 1 rings (SSSR count). The molecular formula is C10H14F3N3O2S. The second kappa shape index (κ2) is 5.25. The highest BCUT2D eigenvalue weighted by Crippen LogP contribution is 2.26. The highest BCUT2D eigenvalue weighted by Gasteiger charge is 2.29. The van der Waals surface area contributed by atoms with Gasteiger partial charge in [0.1, 0.15) is 11.4 Å². The van der Waals surface area contributed by atoms with Gasteiger partial charge in [-0.15, -0.1) is 0 Å². The van der Waals surface area contributed by atoms with Crippen LogP contribution in [0.4, 0.5) is 24.5 Å². The number of anilines is 2. The Kier molecular flexibility index (Phi) is 4.31. The lowest BCUT2D eigenvalue weighted by Crippen LogP contribution is -2.31. The molecule has 0 saturated carbocycles. The first-order valence-electron chi connectivity index (χ1n) is 5.18. The van der Waals surface area contributed by atoms with Crippen LogP contribution >= 0.6 is 0 Å². The van der Waals surface area contributed by atoms with E-state index in [2.05, 4.69) is 4.72 Å². The van der Waals surface area contributed by atoms with Crippen molar-refractivity contribution in [2.24, 2.45) is 0 Å². The van der Waals surface area contributed by atoms with Crippen LogP contribution in [0.25, 0.3) is 0 Å². The van der Waals surface area contributed by atoms with Crippen LogP contribution in [0.5, 0.6) is 0 Å². The van der Waals surface area contributed by atoms with Crippen molar-refractivity contribution in [3.8, 4) is 0 Å². The molecule has 0 aliphatic heterocycles. The van der Waals surface area contributed by atoms with E-state index in [-0.39, 0.29) is 16.3 Å². The normalized spacial score (nSPS) is 12.5. The summed E-state index contributed by atoms with van der Waals surface area (Å²) in [4.78, 5) is 0.769. The van der Waals surface area contributed by atoms with E-state index in [0.29, 0.717) is 0 Å². The summed E-state index contributed by atoms with van der Waals surface area (Å²) in [5.41, 5.74) is 5.63. The van der Waals surface area contributed by atoms with E-state index < -0.39 is 22.7 Å². The molecule has 9 heteroatoms. The Labute approximate surface area is 109 Å². The van der Waals surface area contributed by atoms with E-state index in [1.54, 1.807) is 0 Å². The van der Waals surface area contributed by atoms with E-state index in [1.165, 1.54) is 32.3 Å². The molecule has 1 aromatic carbocycles. The number of alkyl halides is 3. The van der Waals surface area contributed by atoms with E-state index >= 15 is 0 Å². The summed E-state index contributed by atoms with van der Waals surface area (Å²) in [6, 6.07) is 3.63. The minimum atomic E-state index is -4.35. The van der Waals surface area contributed by atoms with Crippen LogP contribution in [0.2, 0.25) is 0 Å². The van der Waals surface area contributed by atoms with E-state index in [1.807, 2.05) is 0 Å². The van der Waals surface area contributed by atoms with Crippen molar-refractivity contribution in [1.82, 2.24) is 4.72 Å². The molecule has 0 aromatic heterocycles. The van der Waals surface area contributed by atoms with E-state index in [0.717, 1.165) is 4.90 Å². The molecule has 0 bridgehead atoms. The van der Waals surface area contributed by atoms with Gasteiger partial charge in [-0.05, 0) is 25.2 Å². The molecule has 0 saturated heterocycles. The average Bonchev–Trinajstić information content (AvgIpc) is 2.26. The number of nitrogens with two attached hydrogens (primary N) is 1. The Morgan fingerprint density at radius 3 is 2.37 bits per heavy atom. The number of sulfonamides is 1. The van der Waals surface area contributed by atoms with Gasteiger partial charge in [0.05, 0.1) is 5.69 Å². The molecule has 19 heavy (non-hydrogen) atoms. The topological polar surface area (TPSA) is 75.4 Å². The minimum Gasteiger partial charge on any atom is -0.398 e. The van der Waals surface area contributed by atoms with Crippen molar-refractivity contribution >= 4 is 21.4 Å². The van der Waals surface area contributed by atoms with Crippen LogP contribution in [0.3, 0.4) is 0 Å². The molecule has 0 fully saturated rings.